The fraction of sp³-hybridized carbons (Fsp3) is 0.647. The van der Waals surface area contributed by atoms with Gasteiger partial charge in [-0.25, -0.2) is 9.67 Å². The summed E-state index contributed by atoms with van der Waals surface area (Å²) < 4.78 is 2.03. The van der Waals surface area contributed by atoms with E-state index in [1.807, 2.05) is 11.6 Å². The summed E-state index contributed by atoms with van der Waals surface area (Å²) in [5.41, 5.74) is 2.98. The number of aliphatic hydroxyl groups is 1. The Morgan fingerprint density at radius 2 is 2.00 bits per heavy atom. The average Bonchev–Trinajstić information content (AvgIpc) is 3.11. The first-order valence-electron chi connectivity index (χ1n) is 8.45. The van der Waals surface area contributed by atoms with Crippen molar-refractivity contribution in [3.8, 4) is 10.7 Å². The van der Waals surface area contributed by atoms with Crippen LogP contribution in [0.1, 0.15) is 61.5 Å². The monoisotopic (exact) mass is 317 g/mol. The SMILES string of the molecule is Cc1nc(-c2scc3c2CCCC3)n([C@@H]2CCCC[C@H]2O)n1. The molecule has 2 aliphatic carbocycles. The van der Waals surface area contributed by atoms with Gasteiger partial charge < -0.3 is 5.11 Å². The minimum Gasteiger partial charge on any atom is -0.391 e. The van der Waals surface area contributed by atoms with E-state index in [0.29, 0.717) is 0 Å². The minimum absolute atomic E-state index is 0.0892. The van der Waals surface area contributed by atoms with E-state index in [-0.39, 0.29) is 12.1 Å². The Labute approximate surface area is 135 Å². The molecule has 0 aliphatic heterocycles. The van der Waals surface area contributed by atoms with E-state index in [9.17, 15) is 5.11 Å². The fourth-order valence-corrected chi connectivity index (χ4v) is 5.04. The maximum Gasteiger partial charge on any atom is 0.169 e. The molecule has 1 saturated carbocycles. The van der Waals surface area contributed by atoms with Crippen LogP contribution in [0.15, 0.2) is 5.38 Å². The number of fused-ring (bicyclic) bond motifs is 1. The first-order chi connectivity index (χ1) is 10.7. The molecule has 2 aliphatic rings. The van der Waals surface area contributed by atoms with Crippen molar-refractivity contribution < 1.29 is 5.11 Å². The highest BCUT2D eigenvalue weighted by atomic mass is 32.1. The molecular formula is C17H23N3OS. The van der Waals surface area contributed by atoms with Crippen LogP contribution < -0.4 is 0 Å². The molecule has 118 valence electrons. The first kappa shape index (κ1) is 14.4. The molecule has 0 saturated heterocycles. The Balaban J connectivity index is 1.77. The summed E-state index contributed by atoms with van der Waals surface area (Å²) in [4.78, 5) is 6.01. The average molecular weight is 317 g/mol. The van der Waals surface area contributed by atoms with Crippen molar-refractivity contribution in [2.75, 3.05) is 0 Å². The second-order valence-electron chi connectivity index (χ2n) is 6.62. The van der Waals surface area contributed by atoms with E-state index < -0.39 is 0 Å². The Kier molecular flexibility index (Phi) is 3.78. The van der Waals surface area contributed by atoms with Gasteiger partial charge in [-0.05, 0) is 62.0 Å². The molecule has 0 aromatic carbocycles. The molecule has 2 aromatic rings. The lowest BCUT2D eigenvalue weighted by Crippen LogP contribution is -2.29. The second-order valence-corrected chi connectivity index (χ2v) is 7.50. The molecule has 2 heterocycles. The van der Waals surface area contributed by atoms with Gasteiger partial charge in [-0.3, -0.25) is 0 Å². The Morgan fingerprint density at radius 1 is 1.18 bits per heavy atom. The highest BCUT2D eigenvalue weighted by Gasteiger charge is 2.30. The summed E-state index contributed by atoms with van der Waals surface area (Å²) in [5, 5.41) is 17.3. The Hall–Kier alpha value is -1.20. The number of thiophene rings is 1. The number of aryl methyl sites for hydroxylation is 2. The third-order valence-electron chi connectivity index (χ3n) is 5.05. The lowest BCUT2D eigenvalue weighted by Gasteiger charge is -2.28. The second kappa shape index (κ2) is 5.78. The molecule has 0 radical (unpaired) electrons. The van der Waals surface area contributed by atoms with Crippen LogP contribution in [0.3, 0.4) is 0 Å². The summed E-state index contributed by atoms with van der Waals surface area (Å²) in [6.07, 6.45) is 8.82. The van der Waals surface area contributed by atoms with Crippen molar-refractivity contribution in [1.82, 2.24) is 14.8 Å². The van der Waals surface area contributed by atoms with Crippen LogP contribution in [-0.4, -0.2) is 26.0 Å². The quantitative estimate of drug-likeness (QED) is 0.919. The van der Waals surface area contributed by atoms with Crippen LogP contribution in [0.5, 0.6) is 0 Å². The number of hydrogen-bond acceptors (Lipinski definition) is 4. The van der Waals surface area contributed by atoms with E-state index in [4.69, 9.17) is 4.98 Å². The highest BCUT2D eigenvalue weighted by molar-refractivity contribution is 7.13. The molecule has 2 aromatic heterocycles. The molecule has 1 N–H and O–H groups in total. The van der Waals surface area contributed by atoms with Crippen molar-refractivity contribution in [1.29, 1.82) is 0 Å². The fourth-order valence-electron chi connectivity index (χ4n) is 3.90. The smallest absolute Gasteiger partial charge is 0.169 e. The molecule has 4 rings (SSSR count). The van der Waals surface area contributed by atoms with Gasteiger partial charge in [0.05, 0.1) is 17.0 Å². The molecule has 4 nitrogen and oxygen atoms in total. The van der Waals surface area contributed by atoms with Crippen LogP contribution in [0.4, 0.5) is 0 Å². The molecule has 0 unspecified atom stereocenters. The Morgan fingerprint density at radius 3 is 2.86 bits per heavy atom. The van der Waals surface area contributed by atoms with E-state index in [0.717, 1.165) is 37.3 Å². The van der Waals surface area contributed by atoms with Gasteiger partial charge in [-0.2, -0.15) is 5.10 Å². The highest BCUT2D eigenvalue weighted by Crippen LogP contribution is 2.39. The number of aliphatic hydroxyl groups excluding tert-OH is 1. The lowest BCUT2D eigenvalue weighted by molar-refractivity contribution is 0.0701. The van der Waals surface area contributed by atoms with Crippen molar-refractivity contribution in [2.45, 2.75) is 70.4 Å². The third-order valence-corrected chi connectivity index (χ3v) is 6.12. The molecule has 0 amide bonds. The van der Waals surface area contributed by atoms with Crippen LogP contribution >= 0.6 is 11.3 Å². The van der Waals surface area contributed by atoms with Crippen molar-refractivity contribution in [3.05, 3.63) is 22.3 Å². The topological polar surface area (TPSA) is 50.9 Å². The molecule has 1 fully saturated rings. The Bertz CT molecular complexity index is 675. The van der Waals surface area contributed by atoms with Crippen molar-refractivity contribution >= 4 is 11.3 Å². The molecule has 0 bridgehead atoms. The van der Waals surface area contributed by atoms with Gasteiger partial charge in [0.1, 0.15) is 5.82 Å². The van der Waals surface area contributed by atoms with Gasteiger partial charge in [0.2, 0.25) is 0 Å². The minimum atomic E-state index is -0.288. The predicted molar refractivity (Wildman–Crippen MR) is 88.2 cm³/mol. The molecule has 2 atom stereocenters. The van der Waals surface area contributed by atoms with Gasteiger partial charge in [0.15, 0.2) is 5.82 Å². The van der Waals surface area contributed by atoms with Crippen LogP contribution in [0.2, 0.25) is 0 Å². The lowest BCUT2D eigenvalue weighted by atomic mass is 9.92. The number of rotatable bonds is 2. The standard InChI is InChI=1S/C17H23N3OS/c1-11-18-17(16-13-7-3-2-6-12(13)10-22-16)20(19-11)14-8-4-5-9-15(14)21/h10,14-15,21H,2-9H2,1H3/t14-,15-/m1/s1. The zero-order valence-corrected chi connectivity index (χ0v) is 13.9. The van der Waals surface area contributed by atoms with E-state index >= 15 is 0 Å². The van der Waals surface area contributed by atoms with Gasteiger partial charge >= 0.3 is 0 Å². The maximum atomic E-state index is 10.4. The van der Waals surface area contributed by atoms with Gasteiger partial charge in [0, 0.05) is 0 Å². The van der Waals surface area contributed by atoms with Gasteiger partial charge in [-0.15, -0.1) is 11.3 Å². The normalized spacial score (nSPS) is 25.2. The summed E-state index contributed by atoms with van der Waals surface area (Å²) in [7, 11) is 0. The predicted octanol–water partition coefficient (Wildman–Crippen LogP) is 3.67. The summed E-state index contributed by atoms with van der Waals surface area (Å²) in [5.74, 6) is 1.79. The number of hydrogen-bond donors (Lipinski definition) is 1. The molecule has 22 heavy (non-hydrogen) atoms. The summed E-state index contributed by atoms with van der Waals surface area (Å²) >= 11 is 1.81. The maximum absolute atomic E-state index is 10.4. The number of nitrogens with zero attached hydrogens (tertiary/aromatic N) is 3. The summed E-state index contributed by atoms with van der Waals surface area (Å²) in [6.45, 7) is 1.95. The van der Waals surface area contributed by atoms with Crippen LogP contribution in [0.25, 0.3) is 10.7 Å². The van der Waals surface area contributed by atoms with Gasteiger partial charge in [-0.1, -0.05) is 12.8 Å². The van der Waals surface area contributed by atoms with Crippen molar-refractivity contribution in [2.24, 2.45) is 0 Å². The van der Waals surface area contributed by atoms with Gasteiger partial charge in [0.25, 0.3) is 0 Å². The largest absolute Gasteiger partial charge is 0.391 e. The number of aromatic nitrogens is 3. The zero-order valence-electron chi connectivity index (χ0n) is 13.1. The zero-order chi connectivity index (χ0) is 15.1. The summed E-state index contributed by atoms with van der Waals surface area (Å²) in [6, 6.07) is 0.0892. The van der Waals surface area contributed by atoms with Crippen LogP contribution in [0, 0.1) is 6.92 Å². The third kappa shape index (κ3) is 2.40. The van der Waals surface area contributed by atoms with E-state index in [1.165, 1.54) is 41.7 Å². The first-order valence-corrected chi connectivity index (χ1v) is 9.33. The van der Waals surface area contributed by atoms with Crippen molar-refractivity contribution in [3.63, 3.8) is 0 Å². The molecule has 0 spiro atoms. The van der Waals surface area contributed by atoms with Crippen LogP contribution in [-0.2, 0) is 12.8 Å². The molecule has 5 heteroatoms. The van der Waals surface area contributed by atoms with E-state index in [2.05, 4.69) is 10.5 Å². The molecular weight excluding hydrogens is 294 g/mol. The van der Waals surface area contributed by atoms with E-state index in [1.54, 1.807) is 11.3 Å².